The number of piperidine rings is 1. The quantitative estimate of drug-likeness (QED) is 0.681. The van der Waals surface area contributed by atoms with Crippen molar-refractivity contribution in [1.82, 2.24) is 5.32 Å². The van der Waals surface area contributed by atoms with E-state index < -0.39 is 0 Å². The molecule has 5 nitrogen and oxygen atoms in total. The molecule has 19 heavy (non-hydrogen) atoms. The van der Waals surface area contributed by atoms with Crippen molar-refractivity contribution in [3.8, 4) is 0 Å². The van der Waals surface area contributed by atoms with Gasteiger partial charge in [0.1, 0.15) is 0 Å². The van der Waals surface area contributed by atoms with E-state index in [1.54, 1.807) is 12.1 Å². The zero-order chi connectivity index (χ0) is 13.9. The van der Waals surface area contributed by atoms with Crippen LogP contribution in [0.4, 0.5) is 5.69 Å². The summed E-state index contributed by atoms with van der Waals surface area (Å²) in [6.45, 7) is 4.11. The molecule has 1 saturated heterocycles. The molecule has 1 aromatic rings. The average molecular weight is 329 g/mol. The summed E-state index contributed by atoms with van der Waals surface area (Å²) in [5.74, 6) is 0. The molecule has 0 radical (unpaired) electrons. The van der Waals surface area contributed by atoms with Crippen LogP contribution in [0.1, 0.15) is 25.3 Å². The van der Waals surface area contributed by atoms with E-state index in [0.717, 1.165) is 25.9 Å². The van der Waals surface area contributed by atoms with Crippen LogP contribution in [0.3, 0.4) is 0 Å². The zero-order valence-electron chi connectivity index (χ0n) is 10.8. The molecule has 0 bridgehead atoms. The minimum absolute atomic E-state index is 0.0988. The fraction of sp³-hybridized carbons (Fsp3) is 0.538. The van der Waals surface area contributed by atoms with E-state index in [9.17, 15) is 10.1 Å². The normalized spacial score (nSPS) is 23.3. The van der Waals surface area contributed by atoms with Gasteiger partial charge in [0.2, 0.25) is 0 Å². The summed E-state index contributed by atoms with van der Waals surface area (Å²) in [6, 6.07) is 5.05. The molecule has 0 spiro atoms. The molecule has 1 fully saturated rings. The lowest BCUT2D eigenvalue weighted by Crippen LogP contribution is -2.45. The highest BCUT2D eigenvalue weighted by atomic mass is 79.9. The van der Waals surface area contributed by atoms with Crippen LogP contribution in [0, 0.1) is 10.1 Å². The number of hydrogen-bond donors (Lipinski definition) is 1. The molecule has 1 N–H and O–H groups in total. The van der Waals surface area contributed by atoms with Gasteiger partial charge in [0.15, 0.2) is 0 Å². The Hall–Kier alpha value is -0.980. The molecule has 2 rings (SSSR count). The van der Waals surface area contributed by atoms with Gasteiger partial charge in [-0.3, -0.25) is 10.1 Å². The van der Waals surface area contributed by atoms with Crippen molar-refractivity contribution in [1.29, 1.82) is 0 Å². The first-order chi connectivity index (χ1) is 9.00. The minimum Gasteiger partial charge on any atom is -0.369 e. The summed E-state index contributed by atoms with van der Waals surface area (Å²) in [6.07, 6.45) is 2.04. The van der Waals surface area contributed by atoms with Gasteiger partial charge in [0.25, 0.3) is 5.69 Å². The first-order valence-corrected chi connectivity index (χ1v) is 7.07. The second-order valence-electron chi connectivity index (χ2n) is 5.05. The molecular weight excluding hydrogens is 312 g/mol. The predicted octanol–water partition coefficient (Wildman–Crippen LogP) is 3.02. The molecule has 1 aliphatic heterocycles. The predicted molar refractivity (Wildman–Crippen MR) is 76.1 cm³/mol. The number of nitro groups is 1. The number of nitrogens with one attached hydrogen (secondary N) is 1. The number of ether oxygens (including phenoxy) is 1. The molecule has 1 unspecified atom stereocenters. The molecule has 0 aromatic heterocycles. The Morgan fingerprint density at radius 1 is 1.58 bits per heavy atom. The van der Waals surface area contributed by atoms with Crippen LogP contribution in [-0.4, -0.2) is 23.6 Å². The highest BCUT2D eigenvalue weighted by Crippen LogP contribution is 2.27. The molecular formula is C13H17BrN2O3. The fourth-order valence-electron chi connectivity index (χ4n) is 2.23. The third-order valence-electron chi connectivity index (χ3n) is 3.38. The Morgan fingerprint density at radius 3 is 3.00 bits per heavy atom. The van der Waals surface area contributed by atoms with E-state index in [2.05, 4.69) is 21.2 Å². The maximum Gasteiger partial charge on any atom is 0.276 e. The number of nitrogens with zero attached hydrogens (tertiary/aromatic N) is 1. The molecule has 1 aromatic carbocycles. The van der Waals surface area contributed by atoms with Gasteiger partial charge in [-0.1, -0.05) is 15.9 Å². The summed E-state index contributed by atoms with van der Waals surface area (Å²) in [7, 11) is 0. The van der Waals surface area contributed by atoms with Crippen molar-refractivity contribution in [2.75, 3.05) is 13.1 Å². The van der Waals surface area contributed by atoms with Gasteiger partial charge in [-0.05, 0) is 38.4 Å². The molecule has 6 heteroatoms. The molecule has 1 aliphatic rings. The summed E-state index contributed by atoms with van der Waals surface area (Å²) < 4.78 is 6.61. The van der Waals surface area contributed by atoms with Crippen LogP contribution in [-0.2, 0) is 11.3 Å². The van der Waals surface area contributed by atoms with Crippen LogP contribution in [0.15, 0.2) is 22.7 Å². The Kier molecular flexibility index (Phi) is 4.54. The molecule has 0 amide bonds. The summed E-state index contributed by atoms with van der Waals surface area (Å²) in [5.41, 5.74) is 0.473. The van der Waals surface area contributed by atoms with E-state index in [4.69, 9.17) is 4.74 Å². The Morgan fingerprint density at radius 2 is 2.37 bits per heavy atom. The molecule has 0 saturated carbocycles. The Balaban J connectivity index is 2.08. The SMILES string of the molecule is CC1(OCc2ccc(Br)cc2[N+](=O)[O-])CCCNC1. The van der Waals surface area contributed by atoms with Crippen molar-refractivity contribution in [3.63, 3.8) is 0 Å². The monoisotopic (exact) mass is 328 g/mol. The smallest absolute Gasteiger partial charge is 0.276 e. The van der Waals surface area contributed by atoms with Gasteiger partial charge in [-0.2, -0.15) is 0 Å². The number of hydrogen-bond acceptors (Lipinski definition) is 4. The van der Waals surface area contributed by atoms with Crippen molar-refractivity contribution in [2.45, 2.75) is 32.0 Å². The number of benzene rings is 1. The lowest BCUT2D eigenvalue weighted by molar-refractivity contribution is -0.386. The molecule has 1 atom stereocenters. The van der Waals surface area contributed by atoms with E-state index in [-0.39, 0.29) is 22.8 Å². The van der Waals surface area contributed by atoms with Crippen LogP contribution in [0.2, 0.25) is 0 Å². The largest absolute Gasteiger partial charge is 0.369 e. The third kappa shape index (κ3) is 3.75. The van der Waals surface area contributed by atoms with Gasteiger partial charge in [-0.25, -0.2) is 0 Å². The first kappa shape index (κ1) is 14.4. The van der Waals surface area contributed by atoms with Crippen LogP contribution >= 0.6 is 15.9 Å². The summed E-state index contributed by atoms with van der Waals surface area (Å²) in [5, 5.41) is 14.3. The molecule has 104 valence electrons. The fourth-order valence-corrected chi connectivity index (χ4v) is 2.58. The standard InChI is InChI=1S/C13H17BrN2O3/c1-13(5-2-6-15-9-13)19-8-10-3-4-11(14)7-12(10)16(17)18/h3-4,7,15H,2,5-6,8-9H2,1H3. The van der Waals surface area contributed by atoms with Gasteiger partial charge in [0, 0.05) is 17.1 Å². The van der Waals surface area contributed by atoms with Crippen molar-refractivity contribution in [2.24, 2.45) is 0 Å². The minimum atomic E-state index is -0.370. The highest BCUT2D eigenvalue weighted by Gasteiger charge is 2.28. The number of nitro benzene ring substituents is 1. The van der Waals surface area contributed by atoms with Gasteiger partial charge in [-0.15, -0.1) is 0 Å². The van der Waals surface area contributed by atoms with E-state index in [1.807, 2.05) is 6.92 Å². The average Bonchev–Trinajstić information content (AvgIpc) is 2.38. The third-order valence-corrected chi connectivity index (χ3v) is 3.87. The van der Waals surface area contributed by atoms with Gasteiger partial charge in [0.05, 0.1) is 22.7 Å². The van der Waals surface area contributed by atoms with Gasteiger partial charge >= 0.3 is 0 Å². The second kappa shape index (κ2) is 5.98. The Bertz CT molecular complexity index is 473. The zero-order valence-corrected chi connectivity index (χ0v) is 12.4. The van der Waals surface area contributed by atoms with Crippen LogP contribution < -0.4 is 5.32 Å². The van der Waals surface area contributed by atoms with Crippen LogP contribution in [0.25, 0.3) is 0 Å². The van der Waals surface area contributed by atoms with Gasteiger partial charge < -0.3 is 10.1 Å². The van der Waals surface area contributed by atoms with E-state index in [1.165, 1.54) is 6.07 Å². The van der Waals surface area contributed by atoms with Crippen molar-refractivity contribution < 1.29 is 9.66 Å². The topological polar surface area (TPSA) is 64.4 Å². The van der Waals surface area contributed by atoms with E-state index >= 15 is 0 Å². The molecule has 1 heterocycles. The second-order valence-corrected chi connectivity index (χ2v) is 5.96. The Labute approximate surface area is 120 Å². The lowest BCUT2D eigenvalue weighted by atomic mass is 9.96. The molecule has 0 aliphatic carbocycles. The number of rotatable bonds is 4. The van der Waals surface area contributed by atoms with Crippen LogP contribution in [0.5, 0.6) is 0 Å². The van der Waals surface area contributed by atoms with E-state index in [0.29, 0.717) is 10.0 Å². The summed E-state index contributed by atoms with van der Waals surface area (Å²) in [4.78, 5) is 10.7. The van der Waals surface area contributed by atoms with Crippen molar-refractivity contribution >= 4 is 21.6 Å². The maximum absolute atomic E-state index is 11.0. The maximum atomic E-state index is 11.0. The van der Waals surface area contributed by atoms with Crippen molar-refractivity contribution in [3.05, 3.63) is 38.3 Å². The lowest BCUT2D eigenvalue weighted by Gasteiger charge is -2.34. The number of halogens is 1. The first-order valence-electron chi connectivity index (χ1n) is 6.28. The highest BCUT2D eigenvalue weighted by molar-refractivity contribution is 9.10. The summed E-state index contributed by atoms with van der Waals surface area (Å²) >= 11 is 3.25.